The molecule has 1 aliphatic heterocycles. The maximum absolute atomic E-state index is 3.76. The minimum Gasteiger partial charge on any atom is -0.309 e. The van der Waals surface area contributed by atoms with Crippen LogP contribution in [0.3, 0.4) is 0 Å². The number of rotatable bonds is 3. The van der Waals surface area contributed by atoms with Gasteiger partial charge in [-0.15, -0.1) is 11.8 Å². The fourth-order valence-corrected chi connectivity index (χ4v) is 4.36. The predicted molar refractivity (Wildman–Crippen MR) is 90.4 cm³/mol. The Morgan fingerprint density at radius 2 is 2.00 bits per heavy atom. The minimum absolute atomic E-state index is 0.255. The Balaban J connectivity index is 2.11. The number of fused-ring (bicyclic) bond motifs is 3. The van der Waals surface area contributed by atoms with Gasteiger partial charge < -0.3 is 5.32 Å². The normalized spacial score (nSPS) is 20.9. The Bertz CT molecular complexity index is 618. The third-order valence-corrected chi connectivity index (χ3v) is 5.68. The van der Waals surface area contributed by atoms with Crippen LogP contribution in [-0.4, -0.2) is 11.3 Å². The van der Waals surface area contributed by atoms with Crippen LogP contribution in [0.25, 0.3) is 10.8 Å². The highest BCUT2D eigenvalue weighted by atomic mass is 32.2. The molecule has 0 spiro atoms. The molecule has 106 valence electrons. The first-order valence-electron chi connectivity index (χ1n) is 7.51. The topological polar surface area (TPSA) is 12.0 Å². The van der Waals surface area contributed by atoms with Gasteiger partial charge in [-0.05, 0) is 48.7 Å². The summed E-state index contributed by atoms with van der Waals surface area (Å²) in [5.74, 6) is 1.12. The molecule has 3 rings (SSSR count). The summed E-state index contributed by atoms with van der Waals surface area (Å²) in [6, 6.07) is 13.8. The van der Waals surface area contributed by atoms with Crippen LogP contribution in [0.1, 0.15) is 44.4 Å². The number of thioether (sulfide) groups is 1. The molecule has 0 aromatic heterocycles. The van der Waals surface area contributed by atoms with Gasteiger partial charge in [-0.1, -0.05) is 43.3 Å². The molecule has 1 heterocycles. The largest absolute Gasteiger partial charge is 0.309 e. The molecule has 0 saturated carbocycles. The molecule has 0 fully saturated rings. The third kappa shape index (κ3) is 2.36. The molecule has 1 nitrogen and oxygen atoms in total. The van der Waals surface area contributed by atoms with Crippen LogP contribution >= 0.6 is 11.8 Å². The number of nitrogens with one attached hydrogen (secondary N) is 1. The molecule has 0 saturated heterocycles. The lowest BCUT2D eigenvalue weighted by molar-refractivity contribution is 0.440. The van der Waals surface area contributed by atoms with E-state index in [1.807, 2.05) is 0 Å². The van der Waals surface area contributed by atoms with Gasteiger partial charge in [0, 0.05) is 16.5 Å². The summed E-state index contributed by atoms with van der Waals surface area (Å²) in [6.45, 7) is 8.05. The highest BCUT2D eigenvalue weighted by molar-refractivity contribution is 8.00. The predicted octanol–water partition coefficient (Wildman–Crippen LogP) is 4.91. The fourth-order valence-electron chi connectivity index (χ4n) is 3.14. The van der Waals surface area contributed by atoms with E-state index in [0.717, 1.165) is 12.3 Å². The summed E-state index contributed by atoms with van der Waals surface area (Å²) in [6.07, 6.45) is 1.18. The first kappa shape index (κ1) is 14.0. The Kier molecular flexibility index (Phi) is 3.78. The zero-order valence-electron chi connectivity index (χ0n) is 12.6. The molecular formula is C18H23NS. The second-order valence-corrected chi connectivity index (χ2v) is 7.76. The molecule has 2 heteroatoms. The summed E-state index contributed by atoms with van der Waals surface area (Å²) >= 11 is 2.07. The van der Waals surface area contributed by atoms with Crippen molar-refractivity contribution >= 4 is 22.5 Å². The molecule has 0 radical (unpaired) electrons. The minimum atomic E-state index is 0.255. The maximum Gasteiger partial charge on any atom is 0.0467 e. The van der Waals surface area contributed by atoms with E-state index in [9.17, 15) is 0 Å². The van der Waals surface area contributed by atoms with E-state index in [-0.39, 0.29) is 4.75 Å². The average Bonchev–Trinajstić information content (AvgIpc) is 2.45. The van der Waals surface area contributed by atoms with Gasteiger partial charge in [0.2, 0.25) is 0 Å². The maximum atomic E-state index is 3.76. The highest BCUT2D eigenvalue weighted by Gasteiger charge is 2.36. The number of hydrogen-bond donors (Lipinski definition) is 1. The summed E-state index contributed by atoms with van der Waals surface area (Å²) in [5, 5.41) is 6.55. The van der Waals surface area contributed by atoms with Gasteiger partial charge in [0.1, 0.15) is 0 Å². The van der Waals surface area contributed by atoms with E-state index in [4.69, 9.17) is 0 Å². The lowest BCUT2D eigenvalue weighted by atomic mass is 9.88. The van der Waals surface area contributed by atoms with Crippen molar-refractivity contribution in [3.63, 3.8) is 0 Å². The molecule has 1 aliphatic rings. The lowest BCUT2D eigenvalue weighted by Crippen LogP contribution is -2.40. The van der Waals surface area contributed by atoms with Gasteiger partial charge in [0.05, 0.1) is 0 Å². The summed E-state index contributed by atoms with van der Waals surface area (Å²) < 4.78 is 0.255. The van der Waals surface area contributed by atoms with Gasteiger partial charge in [-0.3, -0.25) is 0 Å². The van der Waals surface area contributed by atoms with E-state index in [0.29, 0.717) is 6.04 Å². The summed E-state index contributed by atoms with van der Waals surface area (Å²) in [5.41, 5.74) is 3.03. The molecule has 1 atom stereocenters. The summed E-state index contributed by atoms with van der Waals surface area (Å²) in [4.78, 5) is 0. The van der Waals surface area contributed by atoms with E-state index < -0.39 is 0 Å². The summed E-state index contributed by atoms with van der Waals surface area (Å²) in [7, 11) is 0. The average molecular weight is 285 g/mol. The molecule has 2 aromatic carbocycles. The lowest BCUT2D eigenvalue weighted by Gasteiger charge is -2.40. The van der Waals surface area contributed by atoms with E-state index in [1.54, 1.807) is 0 Å². The van der Waals surface area contributed by atoms with Gasteiger partial charge in [-0.2, -0.15) is 0 Å². The van der Waals surface area contributed by atoms with Gasteiger partial charge in [0.25, 0.3) is 0 Å². The van der Waals surface area contributed by atoms with E-state index >= 15 is 0 Å². The second-order valence-electron chi connectivity index (χ2n) is 6.13. The Morgan fingerprint density at radius 1 is 1.20 bits per heavy atom. The Morgan fingerprint density at radius 3 is 2.80 bits per heavy atom. The molecule has 0 bridgehead atoms. The molecule has 20 heavy (non-hydrogen) atoms. The zero-order chi connectivity index (χ0) is 14.2. The quantitative estimate of drug-likeness (QED) is 0.860. The van der Waals surface area contributed by atoms with Crippen molar-refractivity contribution in [3.8, 4) is 0 Å². The molecule has 1 unspecified atom stereocenters. The van der Waals surface area contributed by atoms with Crippen molar-refractivity contribution < 1.29 is 0 Å². The molecule has 0 amide bonds. The van der Waals surface area contributed by atoms with Crippen LogP contribution < -0.4 is 5.32 Å². The highest BCUT2D eigenvalue weighted by Crippen LogP contribution is 2.47. The van der Waals surface area contributed by atoms with E-state index in [2.05, 4.69) is 74.2 Å². The van der Waals surface area contributed by atoms with Crippen molar-refractivity contribution in [3.05, 3.63) is 47.5 Å². The smallest absolute Gasteiger partial charge is 0.0467 e. The molecule has 0 aliphatic carbocycles. The van der Waals surface area contributed by atoms with Crippen LogP contribution in [0.15, 0.2) is 36.4 Å². The van der Waals surface area contributed by atoms with Crippen LogP contribution in [0, 0.1) is 0 Å². The fraction of sp³-hybridized carbons (Fsp3) is 0.444. The SMILES string of the molecule is CCCNC1c2ccc3ccccc3c2CSC1(C)C. The monoisotopic (exact) mass is 285 g/mol. The number of benzene rings is 2. The molecule has 1 N–H and O–H groups in total. The van der Waals surface area contributed by atoms with E-state index in [1.165, 1.54) is 28.3 Å². The number of hydrogen-bond acceptors (Lipinski definition) is 2. The van der Waals surface area contributed by atoms with Crippen LogP contribution in [0.4, 0.5) is 0 Å². The zero-order valence-corrected chi connectivity index (χ0v) is 13.4. The van der Waals surface area contributed by atoms with Gasteiger partial charge in [0.15, 0.2) is 0 Å². The van der Waals surface area contributed by atoms with Crippen molar-refractivity contribution in [2.75, 3.05) is 6.54 Å². The van der Waals surface area contributed by atoms with Crippen LogP contribution in [0.5, 0.6) is 0 Å². The van der Waals surface area contributed by atoms with Gasteiger partial charge >= 0.3 is 0 Å². The molecule has 2 aromatic rings. The van der Waals surface area contributed by atoms with Crippen molar-refractivity contribution in [1.29, 1.82) is 0 Å². The molecular weight excluding hydrogens is 262 g/mol. The Hall–Kier alpha value is -0.990. The third-order valence-electron chi connectivity index (χ3n) is 4.27. The standard InChI is InChI=1S/C18H23NS/c1-4-11-19-17-15-10-9-13-7-5-6-8-14(13)16(15)12-20-18(17,2)3/h5-10,17,19H,4,11-12H2,1-3H3. The van der Waals surface area contributed by atoms with Crippen LogP contribution in [-0.2, 0) is 5.75 Å². The van der Waals surface area contributed by atoms with Gasteiger partial charge in [-0.25, -0.2) is 0 Å². The van der Waals surface area contributed by atoms with Crippen molar-refractivity contribution in [2.24, 2.45) is 0 Å². The van der Waals surface area contributed by atoms with Crippen molar-refractivity contribution in [2.45, 2.75) is 43.7 Å². The first-order valence-corrected chi connectivity index (χ1v) is 8.50. The second kappa shape index (κ2) is 5.42. The Labute approximate surface area is 126 Å². The van der Waals surface area contributed by atoms with Crippen LogP contribution in [0.2, 0.25) is 0 Å². The first-order chi connectivity index (χ1) is 9.63. The van der Waals surface area contributed by atoms with Crippen molar-refractivity contribution in [1.82, 2.24) is 5.32 Å².